The molecular weight excluding hydrogens is 353 g/mol. The molecule has 1 atom stereocenters. The molecule has 1 unspecified atom stereocenters. The van der Waals surface area contributed by atoms with Crippen molar-refractivity contribution in [3.63, 3.8) is 0 Å². The van der Waals surface area contributed by atoms with Gasteiger partial charge < -0.3 is 9.47 Å². The molecule has 0 heterocycles. The Morgan fingerprint density at radius 3 is 2.00 bits per heavy atom. The van der Waals surface area contributed by atoms with E-state index in [2.05, 4.69) is 16.1 Å². The monoisotopic (exact) mass is 364 g/mol. The highest BCUT2D eigenvalue weighted by atomic mass is 19.4. The van der Waals surface area contributed by atoms with E-state index in [1.54, 1.807) is 0 Å². The van der Waals surface area contributed by atoms with E-state index in [0.717, 1.165) is 0 Å². The van der Waals surface area contributed by atoms with Gasteiger partial charge in [-0.3, -0.25) is 0 Å². The summed E-state index contributed by atoms with van der Waals surface area (Å²) in [7, 11) is 0. The molecule has 0 aliphatic heterocycles. The van der Waals surface area contributed by atoms with Crippen LogP contribution in [0.3, 0.4) is 0 Å². The number of hydrogen-bond acceptors (Lipinski definition) is 4. The highest BCUT2D eigenvalue weighted by Gasteiger charge is 2.26. The molecular formula is C13H11F7O4. The highest BCUT2D eigenvalue weighted by molar-refractivity contribution is 6.29. The number of carbonyl (C=O) groups is 2. The fourth-order valence-electron chi connectivity index (χ4n) is 1.13. The van der Waals surface area contributed by atoms with E-state index in [-0.39, 0.29) is 18.2 Å². The van der Waals surface area contributed by atoms with Crippen LogP contribution in [0, 0.1) is 0 Å². The van der Waals surface area contributed by atoms with E-state index >= 15 is 0 Å². The maximum Gasteiger partial charge on any atom is 0.418 e. The predicted octanol–water partition coefficient (Wildman–Crippen LogP) is 3.55. The van der Waals surface area contributed by atoms with Crippen LogP contribution in [0.2, 0.25) is 0 Å². The molecule has 0 saturated carbocycles. The van der Waals surface area contributed by atoms with Crippen molar-refractivity contribution in [3.8, 4) is 0 Å². The van der Waals surface area contributed by atoms with Gasteiger partial charge in [0.1, 0.15) is 12.7 Å². The molecule has 0 spiro atoms. The topological polar surface area (TPSA) is 52.6 Å². The quantitative estimate of drug-likeness (QED) is 0.313. The molecule has 0 aliphatic carbocycles. The summed E-state index contributed by atoms with van der Waals surface area (Å²) >= 11 is 0. The van der Waals surface area contributed by atoms with Crippen LogP contribution < -0.4 is 0 Å². The van der Waals surface area contributed by atoms with E-state index in [1.165, 1.54) is 0 Å². The largest absolute Gasteiger partial charge is 0.453 e. The molecule has 0 aromatic carbocycles. The number of alkyl halides is 6. The van der Waals surface area contributed by atoms with Crippen molar-refractivity contribution in [2.45, 2.75) is 24.9 Å². The lowest BCUT2D eigenvalue weighted by atomic mass is 10.2. The van der Waals surface area contributed by atoms with Crippen LogP contribution in [-0.2, 0) is 19.1 Å². The van der Waals surface area contributed by atoms with Crippen LogP contribution >= 0.6 is 0 Å². The zero-order valence-electron chi connectivity index (χ0n) is 11.8. The Bertz CT molecular complexity index is 517. The number of allylic oxidation sites excluding steroid dienone is 2. The maximum absolute atomic E-state index is 12.7. The lowest BCUT2D eigenvalue weighted by Crippen LogP contribution is -2.26. The highest BCUT2D eigenvalue weighted by Crippen LogP contribution is 2.19. The summed E-state index contributed by atoms with van der Waals surface area (Å²) in [4.78, 5) is 22.4. The third-order valence-corrected chi connectivity index (χ3v) is 1.97. The number of rotatable bonds is 6. The molecule has 0 bridgehead atoms. The molecule has 0 rings (SSSR count). The molecule has 0 N–H and O–H groups in total. The maximum atomic E-state index is 12.7. The lowest BCUT2D eigenvalue weighted by molar-refractivity contribution is -0.169. The second-order valence-electron chi connectivity index (χ2n) is 4.11. The van der Waals surface area contributed by atoms with Gasteiger partial charge in [-0.15, -0.1) is 0 Å². The summed E-state index contributed by atoms with van der Waals surface area (Å²) in [6.45, 7) is 1.85. The molecule has 136 valence electrons. The minimum absolute atomic E-state index is 0.256. The average Bonchev–Trinajstić information content (AvgIpc) is 2.38. The normalized spacial score (nSPS) is 14.0. The molecule has 0 saturated heterocycles. The summed E-state index contributed by atoms with van der Waals surface area (Å²) in [6, 6.07) is 0. The van der Waals surface area contributed by atoms with Crippen molar-refractivity contribution in [3.05, 3.63) is 36.7 Å². The second kappa shape index (κ2) is 9.08. The zero-order chi connectivity index (χ0) is 19.0. The van der Waals surface area contributed by atoms with Gasteiger partial charge in [0.25, 0.3) is 0 Å². The van der Waals surface area contributed by atoms with Crippen molar-refractivity contribution >= 4 is 11.9 Å². The first-order chi connectivity index (χ1) is 10.8. The van der Waals surface area contributed by atoms with E-state index in [4.69, 9.17) is 0 Å². The van der Waals surface area contributed by atoms with Crippen LogP contribution in [0.15, 0.2) is 36.7 Å². The molecule has 0 fully saturated rings. The van der Waals surface area contributed by atoms with Gasteiger partial charge in [0, 0.05) is 18.6 Å². The molecule has 0 aliphatic rings. The second-order valence-corrected chi connectivity index (χ2v) is 4.11. The van der Waals surface area contributed by atoms with Gasteiger partial charge in [0.15, 0.2) is 0 Å². The number of carbonyl (C=O) groups excluding carboxylic acids is 2. The van der Waals surface area contributed by atoms with Crippen LogP contribution in [0.25, 0.3) is 0 Å². The minimum Gasteiger partial charge on any atom is -0.453 e. The summed E-state index contributed by atoms with van der Waals surface area (Å²) in [5.41, 5.74) is 0. The van der Waals surface area contributed by atoms with Gasteiger partial charge in [0.05, 0.1) is 5.83 Å². The van der Waals surface area contributed by atoms with Crippen LogP contribution in [0.1, 0.15) is 6.42 Å². The first-order valence-electron chi connectivity index (χ1n) is 6.01. The minimum atomic E-state index is -4.77. The van der Waals surface area contributed by atoms with E-state index in [0.29, 0.717) is 6.08 Å². The molecule has 0 aromatic rings. The van der Waals surface area contributed by atoms with Crippen LogP contribution in [0.4, 0.5) is 30.7 Å². The van der Waals surface area contributed by atoms with Gasteiger partial charge in [-0.1, -0.05) is 6.58 Å². The number of halogens is 7. The third-order valence-electron chi connectivity index (χ3n) is 1.97. The van der Waals surface area contributed by atoms with Crippen molar-refractivity contribution in [2.75, 3.05) is 6.61 Å². The average molecular weight is 364 g/mol. The van der Waals surface area contributed by atoms with Crippen LogP contribution in [0.5, 0.6) is 0 Å². The SMILES string of the molecule is C=C(F)CC(/C=C/C(F)(F)F)OC(=O)C(=O)OC/C=C/C(F)(F)F. The van der Waals surface area contributed by atoms with Crippen LogP contribution in [-0.4, -0.2) is 37.0 Å². The van der Waals surface area contributed by atoms with Crippen molar-refractivity contribution in [1.82, 2.24) is 0 Å². The third kappa shape index (κ3) is 12.2. The Labute approximate surface area is 131 Å². The van der Waals surface area contributed by atoms with Gasteiger partial charge in [-0.25, -0.2) is 14.0 Å². The van der Waals surface area contributed by atoms with Crippen molar-refractivity contribution in [2.24, 2.45) is 0 Å². The molecule has 0 aromatic heterocycles. The number of hydrogen-bond donors (Lipinski definition) is 0. The summed E-state index contributed by atoms with van der Waals surface area (Å²) in [6.07, 6.45) is -12.0. The zero-order valence-corrected chi connectivity index (χ0v) is 11.8. The Morgan fingerprint density at radius 1 is 1.00 bits per heavy atom. The summed E-state index contributed by atoms with van der Waals surface area (Å²) < 4.78 is 92.3. The Hall–Kier alpha value is -2.33. The fraction of sp³-hybridized carbons (Fsp3) is 0.385. The smallest absolute Gasteiger partial charge is 0.418 e. The fourth-order valence-corrected chi connectivity index (χ4v) is 1.13. The van der Waals surface area contributed by atoms with Gasteiger partial charge in [0.2, 0.25) is 0 Å². The standard InChI is InChI=1S/C13H11F7O4/c1-8(14)7-9(3-5-13(18,19)20)24-11(22)10(21)23-6-2-4-12(15,16)17/h2-5,9H,1,6-7H2/b4-2+,5-3+. The Morgan fingerprint density at radius 2 is 1.54 bits per heavy atom. The predicted molar refractivity (Wildman–Crippen MR) is 66.1 cm³/mol. The first kappa shape index (κ1) is 21.7. The van der Waals surface area contributed by atoms with Gasteiger partial charge in [-0.05, 0) is 12.2 Å². The molecule has 0 radical (unpaired) electrons. The summed E-state index contributed by atoms with van der Waals surface area (Å²) in [5.74, 6) is -4.67. The first-order valence-corrected chi connectivity index (χ1v) is 6.01. The van der Waals surface area contributed by atoms with E-state index in [9.17, 15) is 40.3 Å². The molecule has 0 amide bonds. The molecule has 11 heteroatoms. The van der Waals surface area contributed by atoms with E-state index in [1.807, 2.05) is 0 Å². The molecule has 4 nitrogen and oxygen atoms in total. The number of esters is 2. The molecule has 24 heavy (non-hydrogen) atoms. The Balaban J connectivity index is 4.64. The Kier molecular flexibility index (Phi) is 8.20. The summed E-state index contributed by atoms with van der Waals surface area (Å²) in [5, 5.41) is 0. The van der Waals surface area contributed by atoms with Gasteiger partial charge in [-0.2, -0.15) is 26.3 Å². The van der Waals surface area contributed by atoms with Crippen molar-refractivity contribution in [1.29, 1.82) is 0 Å². The van der Waals surface area contributed by atoms with Gasteiger partial charge >= 0.3 is 24.3 Å². The lowest BCUT2D eigenvalue weighted by Gasteiger charge is -2.13. The van der Waals surface area contributed by atoms with E-state index < -0.39 is 49.2 Å². The number of ether oxygens (including phenoxy) is 2. The van der Waals surface area contributed by atoms with Crippen molar-refractivity contribution < 1.29 is 49.8 Å².